The van der Waals surface area contributed by atoms with E-state index in [2.05, 4.69) is 0 Å². The van der Waals surface area contributed by atoms with Crippen LogP contribution in [0.25, 0.3) is 0 Å². The SMILES string of the molecule is COC(C)C(=O)N(CC(=O)O)C1CC1. The number of hydrogen-bond donors (Lipinski definition) is 1. The number of methoxy groups -OCH3 is 1. The predicted octanol–water partition coefficient (Wildman–Crippen LogP) is 0.0969. The van der Waals surface area contributed by atoms with Crippen molar-refractivity contribution in [2.24, 2.45) is 0 Å². The maximum Gasteiger partial charge on any atom is 0.323 e. The summed E-state index contributed by atoms with van der Waals surface area (Å²) in [6, 6.07) is 0.108. The summed E-state index contributed by atoms with van der Waals surface area (Å²) in [5, 5.41) is 8.63. The van der Waals surface area contributed by atoms with Crippen molar-refractivity contribution in [1.82, 2.24) is 4.90 Å². The van der Waals surface area contributed by atoms with Crippen LogP contribution < -0.4 is 0 Å². The molecule has 5 nitrogen and oxygen atoms in total. The first-order chi connectivity index (χ1) is 6.56. The molecular weight excluding hydrogens is 186 g/mol. The number of aliphatic carboxylic acids is 1. The van der Waals surface area contributed by atoms with E-state index in [1.165, 1.54) is 12.0 Å². The standard InChI is InChI=1S/C9H15NO4/c1-6(14-2)9(13)10(5-8(11)12)7-3-4-7/h6-7H,3-5H2,1-2H3,(H,11,12). The Morgan fingerprint density at radius 2 is 2.14 bits per heavy atom. The van der Waals surface area contributed by atoms with Crippen LogP contribution in [-0.4, -0.2) is 47.7 Å². The number of carboxylic acids is 1. The molecule has 1 amide bonds. The topological polar surface area (TPSA) is 66.8 Å². The zero-order valence-corrected chi connectivity index (χ0v) is 8.40. The molecule has 0 spiro atoms. The summed E-state index contributed by atoms with van der Waals surface area (Å²) in [6.07, 6.45) is 1.24. The summed E-state index contributed by atoms with van der Waals surface area (Å²) in [4.78, 5) is 23.5. The Hall–Kier alpha value is -1.10. The van der Waals surface area contributed by atoms with Gasteiger partial charge in [0.15, 0.2) is 0 Å². The summed E-state index contributed by atoms with van der Waals surface area (Å²) in [5.41, 5.74) is 0. The van der Waals surface area contributed by atoms with Crippen LogP contribution in [0.15, 0.2) is 0 Å². The minimum atomic E-state index is -0.978. The molecule has 1 unspecified atom stereocenters. The molecule has 0 heterocycles. The van der Waals surface area contributed by atoms with E-state index >= 15 is 0 Å². The molecule has 0 aromatic heterocycles. The molecule has 1 rings (SSSR count). The van der Waals surface area contributed by atoms with E-state index in [4.69, 9.17) is 9.84 Å². The van der Waals surface area contributed by atoms with Gasteiger partial charge in [0.2, 0.25) is 0 Å². The van der Waals surface area contributed by atoms with Crippen LogP contribution >= 0.6 is 0 Å². The molecule has 80 valence electrons. The molecule has 14 heavy (non-hydrogen) atoms. The number of ether oxygens (including phenoxy) is 1. The molecule has 5 heteroatoms. The van der Waals surface area contributed by atoms with Crippen LogP contribution in [0.1, 0.15) is 19.8 Å². The summed E-state index contributed by atoms with van der Waals surface area (Å²) in [6.45, 7) is 1.40. The van der Waals surface area contributed by atoms with Gasteiger partial charge in [-0.2, -0.15) is 0 Å². The van der Waals surface area contributed by atoms with Crippen LogP contribution in [0.2, 0.25) is 0 Å². The van der Waals surface area contributed by atoms with E-state index in [0.29, 0.717) is 0 Å². The van der Waals surface area contributed by atoms with Crippen molar-refractivity contribution < 1.29 is 19.4 Å². The van der Waals surface area contributed by atoms with E-state index in [1.807, 2.05) is 0 Å². The van der Waals surface area contributed by atoms with Gasteiger partial charge in [0, 0.05) is 13.2 Å². The fourth-order valence-electron chi connectivity index (χ4n) is 1.25. The highest BCUT2D eigenvalue weighted by atomic mass is 16.5. The molecular formula is C9H15NO4. The van der Waals surface area contributed by atoms with Crippen molar-refractivity contribution in [3.63, 3.8) is 0 Å². The van der Waals surface area contributed by atoms with Gasteiger partial charge in [-0.05, 0) is 19.8 Å². The summed E-state index contributed by atoms with van der Waals surface area (Å²) in [5.74, 6) is -1.22. The van der Waals surface area contributed by atoms with Crippen LogP contribution in [0.3, 0.4) is 0 Å². The average Bonchev–Trinajstić information content (AvgIpc) is 2.94. The zero-order chi connectivity index (χ0) is 10.7. The number of rotatable bonds is 5. The van der Waals surface area contributed by atoms with Crippen LogP contribution in [0.4, 0.5) is 0 Å². The Morgan fingerprint density at radius 3 is 2.50 bits per heavy atom. The molecule has 1 N–H and O–H groups in total. The quantitative estimate of drug-likeness (QED) is 0.685. The molecule has 0 saturated heterocycles. The molecule has 0 bridgehead atoms. The first-order valence-electron chi connectivity index (χ1n) is 4.61. The van der Waals surface area contributed by atoms with E-state index < -0.39 is 12.1 Å². The number of amides is 1. The molecule has 1 fully saturated rings. The highest BCUT2D eigenvalue weighted by Crippen LogP contribution is 2.27. The molecule has 0 radical (unpaired) electrons. The van der Waals surface area contributed by atoms with E-state index in [1.54, 1.807) is 6.92 Å². The first kappa shape index (κ1) is 11.0. The Labute approximate surface area is 82.6 Å². The first-order valence-corrected chi connectivity index (χ1v) is 4.61. The number of hydrogen-bond acceptors (Lipinski definition) is 3. The van der Waals surface area contributed by atoms with Crippen LogP contribution in [0.5, 0.6) is 0 Å². The monoisotopic (exact) mass is 201 g/mol. The fraction of sp³-hybridized carbons (Fsp3) is 0.778. The third-order valence-electron chi connectivity index (χ3n) is 2.28. The number of carbonyl (C=O) groups excluding carboxylic acids is 1. The predicted molar refractivity (Wildman–Crippen MR) is 48.8 cm³/mol. The second-order valence-electron chi connectivity index (χ2n) is 3.47. The number of carboxylic acid groups (broad SMARTS) is 1. The third-order valence-corrected chi connectivity index (χ3v) is 2.28. The smallest absolute Gasteiger partial charge is 0.323 e. The summed E-state index contributed by atoms with van der Waals surface area (Å²) in [7, 11) is 1.44. The number of carbonyl (C=O) groups is 2. The van der Waals surface area contributed by atoms with Crippen molar-refractivity contribution >= 4 is 11.9 Å². The lowest BCUT2D eigenvalue weighted by Gasteiger charge is -2.23. The van der Waals surface area contributed by atoms with Gasteiger partial charge in [0.25, 0.3) is 5.91 Å². The van der Waals surface area contributed by atoms with Crippen molar-refractivity contribution in [2.75, 3.05) is 13.7 Å². The Balaban J connectivity index is 2.57. The van der Waals surface area contributed by atoms with Gasteiger partial charge in [-0.15, -0.1) is 0 Å². The minimum absolute atomic E-state index is 0.108. The second-order valence-corrected chi connectivity index (χ2v) is 3.47. The Kier molecular flexibility index (Phi) is 3.46. The second kappa shape index (κ2) is 4.41. The highest BCUT2D eigenvalue weighted by Gasteiger charge is 2.35. The lowest BCUT2D eigenvalue weighted by atomic mass is 10.3. The zero-order valence-electron chi connectivity index (χ0n) is 8.40. The molecule has 1 atom stereocenters. The molecule has 1 aliphatic rings. The Morgan fingerprint density at radius 1 is 1.57 bits per heavy atom. The number of nitrogens with zero attached hydrogens (tertiary/aromatic N) is 1. The highest BCUT2D eigenvalue weighted by molar-refractivity contribution is 5.84. The van der Waals surface area contributed by atoms with Crippen molar-refractivity contribution in [1.29, 1.82) is 0 Å². The maximum absolute atomic E-state index is 11.6. The maximum atomic E-state index is 11.6. The lowest BCUT2D eigenvalue weighted by molar-refractivity contribution is -0.149. The van der Waals surface area contributed by atoms with Crippen molar-refractivity contribution in [2.45, 2.75) is 31.9 Å². The normalized spacial score (nSPS) is 17.6. The van der Waals surface area contributed by atoms with E-state index in [-0.39, 0.29) is 18.5 Å². The minimum Gasteiger partial charge on any atom is -0.480 e. The van der Waals surface area contributed by atoms with Gasteiger partial charge in [-0.1, -0.05) is 0 Å². The van der Waals surface area contributed by atoms with Crippen molar-refractivity contribution in [3.8, 4) is 0 Å². The summed E-state index contributed by atoms with van der Waals surface area (Å²) >= 11 is 0. The van der Waals surface area contributed by atoms with E-state index in [0.717, 1.165) is 12.8 Å². The molecule has 1 aliphatic carbocycles. The Bertz CT molecular complexity index is 237. The van der Waals surface area contributed by atoms with Crippen LogP contribution in [-0.2, 0) is 14.3 Å². The van der Waals surface area contributed by atoms with Gasteiger partial charge < -0.3 is 14.7 Å². The summed E-state index contributed by atoms with van der Waals surface area (Å²) < 4.78 is 4.87. The van der Waals surface area contributed by atoms with E-state index in [9.17, 15) is 9.59 Å². The lowest BCUT2D eigenvalue weighted by Crippen LogP contribution is -2.43. The molecule has 1 saturated carbocycles. The van der Waals surface area contributed by atoms with Gasteiger partial charge in [-0.3, -0.25) is 9.59 Å². The van der Waals surface area contributed by atoms with Gasteiger partial charge >= 0.3 is 5.97 Å². The fourth-order valence-corrected chi connectivity index (χ4v) is 1.25. The van der Waals surface area contributed by atoms with Crippen molar-refractivity contribution in [3.05, 3.63) is 0 Å². The molecule has 0 aliphatic heterocycles. The van der Waals surface area contributed by atoms with Gasteiger partial charge in [0.1, 0.15) is 12.6 Å². The average molecular weight is 201 g/mol. The van der Waals surface area contributed by atoms with Crippen LogP contribution in [0, 0.1) is 0 Å². The molecule has 0 aromatic rings. The van der Waals surface area contributed by atoms with Gasteiger partial charge in [0.05, 0.1) is 0 Å². The van der Waals surface area contributed by atoms with Gasteiger partial charge in [-0.25, -0.2) is 0 Å². The largest absolute Gasteiger partial charge is 0.480 e. The third kappa shape index (κ3) is 2.70. The molecule has 0 aromatic carbocycles.